The molecule has 2 aliphatic rings. The molecule has 6 heteroatoms. The number of nitrogens with one attached hydrogen (secondary N) is 1. The molecule has 3 aromatic rings. The van der Waals surface area contributed by atoms with Gasteiger partial charge in [-0.1, -0.05) is 18.2 Å². The standard InChI is InChI=1S/C20H21N3O2S/c24-26(25,16-11-10-14-5-3-6-15(14)13-16)23-12-4-9-19(23)20-21-17-7-1-2-8-18(17)22-20/h1-2,7-8,10-11,13,19H,3-6,9,12H2,(H,21,22). The number of nitrogens with zero attached hydrogens (tertiary/aromatic N) is 2. The predicted molar refractivity (Wildman–Crippen MR) is 100 cm³/mol. The Morgan fingerprint density at radius 2 is 1.88 bits per heavy atom. The predicted octanol–water partition coefficient (Wildman–Crippen LogP) is 3.58. The normalized spacial score (nSPS) is 20.7. The lowest BCUT2D eigenvalue weighted by Crippen LogP contribution is -2.31. The topological polar surface area (TPSA) is 66.1 Å². The van der Waals surface area contributed by atoms with E-state index in [1.165, 1.54) is 11.1 Å². The van der Waals surface area contributed by atoms with E-state index in [9.17, 15) is 8.42 Å². The Bertz CT molecular complexity index is 1050. The summed E-state index contributed by atoms with van der Waals surface area (Å²) >= 11 is 0. The Balaban J connectivity index is 1.53. The van der Waals surface area contributed by atoms with Gasteiger partial charge in [-0.2, -0.15) is 4.31 Å². The molecule has 0 bridgehead atoms. The van der Waals surface area contributed by atoms with Crippen LogP contribution < -0.4 is 0 Å². The number of aryl methyl sites for hydroxylation is 2. The molecule has 134 valence electrons. The number of rotatable bonds is 3. The van der Waals surface area contributed by atoms with E-state index >= 15 is 0 Å². The lowest BCUT2D eigenvalue weighted by atomic mass is 10.1. The van der Waals surface area contributed by atoms with Crippen LogP contribution in [0.25, 0.3) is 11.0 Å². The summed E-state index contributed by atoms with van der Waals surface area (Å²) in [7, 11) is -3.52. The largest absolute Gasteiger partial charge is 0.341 e. The summed E-state index contributed by atoms with van der Waals surface area (Å²) in [6.45, 7) is 0.543. The molecule has 2 aromatic carbocycles. The van der Waals surface area contributed by atoms with Gasteiger partial charge in [0.25, 0.3) is 0 Å². The number of hydrogen-bond donors (Lipinski definition) is 1. The maximum atomic E-state index is 13.3. The lowest BCUT2D eigenvalue weighted by Gasteiger charge is -2.23. The minimum absolute atomic E-state index is 0.222. The van der Waals surface area contributed by atoms with Crippen LogP contribution in [0.1, 0.15) is 42.3 Å². The van der Waals surface area contributed by atoms with Gasteiger partial charge in [0.05, 0.1) is 22.0 Å². The minimum atomic E-state index is -3.52. The number of benzene rings is 2. The van der Waals surface area contributed by atoms with Crippen molar-refractivity contribution in [1.82, 2.24) is 14.3 Å². The van der Waals surface area contributed by atoms with Crippen LogP contribution in [0.15, 0.2) is 47.4 Å². The van der Waals surface area contributed by atoms with Gasteiger partial charge in [0.1, 0.15) is 5.82 Å². The van der Waals surface area contributed by atoms with E-state index in [1.807, 2.05) is 36.4 Å². The summed E-state index contributed by atoms with van der Waals surface area (Å²) in [5.41, 5.74) is 4.30. The Morgan fingerprint density at radius 1 is 1.04 bits per heavy atom. The van der Waals surface area contributed by atoms with Crippen LogP contribution in [0.3, 0.4) is 0 Å². The molecule has 1 N–H and O–H groups in total. The molecule has 5 rings (SSSR count). The van der Waals surface area contributed by atoms with E-state index in [4.69, 9.17) is 0 Å². The molecule has 1 aliphatic carbocycles. The Kier molecular flexibility index (Phi) is 3.65. The molecule has 26 heavy (non-hydrogen) atoms. The SMILES string of the molecule is O=S(=O)(c1ccc2c(c1)CCC2)N1CCCC1c1nc2ccccc2[nH]1. The van der Waals surface area contributed by atoms with Crippen LogP contribution in [-0.4, -0.2) is 29.2 Å². The number of aromatic amines is 1. The number of aromatic nitrogens is 2. The third-order valence-corrected chi connectivity index (χ3v) is 7.51. The zero-order chi connectivity index (χ0) is 17.7. The summed E-state index contributed by atoms with van der Waals surface area (Å²) in [5, 5.41) is 0. The first-order chi connectivity index (χ1) is 12.6. The quantitative estimate of drug-likeness (QED) is 0.769. The first-order valence-corrected chi connectivity index (χ1v) is 10.7. The zero-order valence-electron chi connectivity index (χ0n) is 14.5. The molecule has 2 heterocycles. The van der Waals surface area contributed by atoms with Gasteiger partial charge in [-0.25, -0.2) is 13.4 Å². The molecule has 1 fully saturated rings. The summed E-state index contributed by atoms with van der Waals surface area (Å²) in [4.78, 5) is 8.38. The van der Waals surface area contributed by atoms with Crippen molar-refractivity contribution < 1.29 is 8.42 Å². The van der Waals surface area contributed by atoms with Gasteiger partial charge in [-0.05, 0) is 67.5 Å². The van der Waals surface area contributed by atoms with Crippen molar-refractivity contribution in [1.29, 1.82) is 0 Å². The number of imidazole rings is 1. The van der Waals surface area contributed by atoms with Crippen molar-refractivity contribution in [3.8, 4) is 0 Å². The van der Waals surface area contributed by atoms with E-state index < -0.39 is 10.0 Å². The molecule has 1 saturated heterocycles. The Hall–Kier alpha value is -2.18. The molecule has 5 nitrogen and oxygen atoms in total. The van der Waals surface area contributed by atoms with Gasteiger partial charge < -0.3 is 4.98 Å². The second-order valence-electron chi connectivity index (χ2n) is 7.20. The molecular weight excluding hydrogens is 346 g/mol. The highest BCUT2D eigenvalue weighted by Crippen LogP contribution is 2.37. The fourth-order valence-corrected chi connectivity index (χ4v) is 5.99. The van der Waals surface area contributed by atoms with Gasteiger partial charge in [0, 0.05) is 6.54 Å². The van der Waals surface area contributed by atoms with Crippen molar-refractivity contribution in [2.45, 2.75) is 43.0 Å². The van der Waals surface area contributed by atoms with Gasteiger partial charge >= 0.3 is 0 Å². The summed E-state index contributed by atoms with van der Waals surface area (Å²) in [6, 6.07) is 13.2. The number of H-pyrrole nitrogens is 1. The third kappa shape index (κ3) is 2.47. The fourth-order valence-electron chi connectivity index (χ4n) is 4.28. The van der Waals surface area contributed by atoms with Crippen LogP contribution in [-0.2, 0) is 22.9 Å². The van der Waals surface area contributed by atoms with Crippen molar-refractivity contribution >= 4 is 21.1 Å². The average molecular weight is 367 g/mol. The van der Waals surface area contributed by atoms with E-state index in [0.29, 0.717) is 11.4 Å². The Labute approximate surface area is 153 Å². The maximum Gasteiger partial charge on any atom is 0.243 e. The van der Waals surface area contributed by atoms with Crippen LogP contribution in [0.2, 0.25) is 0 Å². The molecule has 1 unspecified atom stereocenters. The number of hydrogen-bond acceptors (Lipinski definition) is 3. The van der Waals surface area contributed by atoms with Crippen molar-refractivity contribution in [3.05, 3.63) is 59.4 Å². The highest BCUT2D eigenvalue weighted by Gasteiger charge is 2.38. The number of para-hydroxylation sites is 2. The third-order valence-electron chi connectivity index (χ3n) is 5.60. The molecule has 0 radical (unpaired) electrons. The summed E-state index contributed by atoms with van der Waals surface area (Å²) in [5.74, 6) is 0.744. The van der Waals surface area contributed by atoms with Gasteiger partial charge in [0.2, 0.25) is 10.0 Å². The van der Waals surface area contributed by atoms with Crippen LogP contribution in [0, 0.1) is 0 Å². The molecule has 1 atom stereocenters. The van der Waals surface area contributed by atoms with E-state index in [1.54, 1.807) is 10.4 Å². The highest BCUT2D eigenvalue weighted by atomic mass is 32.2. The zero-order valence-corrected chi connectivity index (χ0v) is 15.3. The van der Waals surface area contributed by atoms with Crippen molar-refractivity contribution in [3.63, 3.8) is 0 Å². The van der Waals surface area contributed by atoms with E-state index in [0.717, 1.165) is 49.0 Å². The summed E-state index contributed by atoms with van der Waals surface area (Å²) < 4.78 is 28.3. The van der Waals surface area contributed by atoms with Crippen LogP contribution >= 0.6 is 0 Å². The van der Waals surface area contributed by atoms with Crippen molar-refractivity contribution in [2.24, 2.45) is 0 Å². The maximum absolute atomic E-state index is 13.3. The monoisotopic (exact) mass is 367 g/mol. The smallest absolute Gasteiger partial charge is 0.243 e. The molecule has 1 aromatic heterocycles. The Morgan fingerprint density at radius 3 is 2.77 bits per heavy atom. The molecule has 0 spiro atoms. The average Bonchev–Trinajstić information content (AvgIpc) is 3.37. The molecule has 0 amide bonds. The minimum Gasteiger partial charge on any atom is -0.341 e. The number of fused-ring (bicyclic) bond motifs is 2. The van der Waals surface area contributed by atoms with Crippen LogP contribution in [0.4, 0.5) is 0 Å². The number of sulfonamides is 1. The van der Waals surface area contributed by atoms with E-state index in [2.05, 4.69) is 9.97 Å². The lowest BCUT2D eigenvalue weighted by molar-refractivity contribution is 0.385. The van der Waals surface area contributed by atoms with Gasteiger partial charge in [-0.15, -0.1) is 0 Å². The second-order valence-corrected chi connectivity index (χ2v) is 9.09. The van der Waals surface area contributed by atoms with Gasteiger partial charge in [-0.3, -0.25) is 0 Å². The summed E-state index contributed by atoms with van der Waals surface area (Å²) in [6.07, 6.45) is 4.80. The first kappa shape index (κ1) is 16.0. The molecular formula is C20H21N3O2S. The highest BCUT2D eigenvalue weighted by molar-refractivity contribution is 7.89. The van der Waals surface area contributed by atoms with E-state index in [-0.39, 0.29) is 6.04 Å². The fraction of sp³-hybridized carbons (Fsp3) is 0.350. The molecule has 0 saturated carbocycles. The first-order valence-electron chi connectivity index (χ1n) is 9.21. The second kappa shape index (κ2) is 5.93. The molecule has 1 aliphatic heterocycles. The van der Waals surface area contributed by atoms with Crippen molar-refractivity contribution in [2.75, 3.05) is 6.54 Å². The van der Waals surface area contributed by atoms with Crippen LogP contribution in [0.5, 0.6) is 0 Å². The van der Waals surface area contributed by atoms with Gasteiger partial charge in [0.15, 0.2) is 0 Å².